The second-order valence-corrected chi connectivity index (χ2v) is 5.12. The standard InChI is InChI=1S/C18H21FN2O3/c19-14-3-7-16(8-4-14)23-12-1-2-18(22)21-15-5-9-17(10-6-15)24-13-11-20/h3-10H,1-2,11-13,20H2,(H,21,22). The van der Waals surface area contributed by atoms with Gasteiger partial charge in [-0.2, -0.15) is 0 Å². The number of carbonyl (C=O) groups excluding carboxylic acids is 1. The summed E-state index contributed by atoms with van der Waals surface area (Å²) in [5, 5.41) is 2.81. The number of nitrogens with one attached hydrogen (secondary N) is 1. The van der Waals surface area contributed by atoms with Crippen molar-refractivity contribution in [2.75, 3.05) is 25.1 Å². The second kappa shape index (κ2) is 9.52. The molecule has 0 bridgehead atoms. The lowest BCUT2D eigenvalue weighted by Crippen LogP contribution is -2.13. The molecule has 1 amide bonds. The minimum absolute atomic E-state index is 0.0895. The Morgan fingerprint density at radius 1 is 0.958 bits per heavy atom. The van der Waals surface area contributed by atoms with E-state index in [2.05, 4.69) is 5.32 Å². The molecule has 0 fully saturated rings. The summed E-state index contributed by atoms with van der Waals surface area (Å²) in [7, 11) is 0. The Bertz CT molecular complexity index is 630. The van der Waals surface area contributed by atoms with Crippen molar-refractivity contribution in [2.45, 2.75) is 12.8 Å². The quantitative estimate of drug-likeness (QED) is 0.693. The molecule has 0 atom stereocenters. The second-order valence-electron chi connectivity index (χ2n) is 5.12. The maximum absolute atomic E-state index is 12.8. The van der Waals surface area contributed by atoms with Crippen LogP contribution in [-0.4, -0.2) is 25.7 Å². The van der Waals surface area contributed by atoms with Crippen LogP contribution >= 0.6 is 0 Å². The normalized spacial score (nSPS) is 10.2. The zero-order valence-electron chi connectivity index (χ0n) is 13.3. The molecule has 0 saturated carbocycles. The molecule has 0 aromatic heterocycles. The van der Waals surface area contributed by atoms with Crippen LogP contribution in [0.5, 0.6) is 11.5 Å². The molecular weight excluding hydrogens is 311 g/mol. The van der Waals surface area contributed by atoms with Gasteiger partial charge in [0.1, 0.15) is 23.9 Å². The summed E-state index contributed by atoms with van der Waals surface area (Å²) in [5.74, 6) is 0.908. The molecule has 0 aliphatic rings. The van der Waals surface area contributed by atoms with Gasteiger partial charge in [-0.3, -0.25) is 4.79 Å². The summed E-state index contributed by atoms with van der Waals surface area (Å²) in [6, 6.07) is 12.9. The van der Waals surface area contributed by atoms with Gasteiger partial charge in [0.25, 0.3) is 0 Å². The van der Waals surface area contributed by atoms with E-state index in [0.29, 0.717) is 49.8 Å². The monoisotopic (exact) mass is 332 g/mol. The Morgan fingerprint density at radius 3 is 2.17 bits per heavy atom. The Balaban J connectivity index is 1.66. The number of rotatable bonds is 9. The van der Waals surface area contributed by atoms with Crippen LogP contribution < -0.4 is 20.5 Å². The Kier molecular flexibility index (Phi) is 7.04. The molecule has 0 unspecified atom stereocenters. The third-order valence-corrected chi connectivity index (χ3v) is 3.16. The highest BCUT2D eigenvalue weighted by Gasteiger charge is 2.03. The van der Waals surface area contributed by atoms with Gasteiger partial charge in [-0.25, -0.2) is 4.39 Å². The molecule has 5 nitrogen and oxygen atoms in total. The summed E-state index contributed by atoms with van der Waals surface area (Å²) in [5.41, 5.74) is 6.07. The van der Waals surface area contributed by atoms with Gasteiger partial charge in [0.15, 0.2) is 0 Å². The number of halogens is 1. The fourth-order valence-electron chi connectivity index (χ4n) is 1.99. The van der Waals surface area contributed by atoms with Gasteiger partial charge in [-0.1, -0.05) is 0 Å². The summed E-state index contributed by atoms with van der Waals surface area (Å²) in [6.07, 6.45) is 0.910. The minimum atomic E-state index is -0.304. The van der Waals surface area contributed by atoms with Gasteiger partial charge in [0.05, 0.1) is 6.61 Å². The first kappa shape index (κ1) is 17.7. The number of ether oxygens (including phenoxy) is 2. The van der Waals surface area contributed by atoms with Gasteiger partial charge in [0.2, 0.25) is 5.91 Å². The van der Waals surface area contributed by atoms with Crippen LogP contribution in [0.4, 0.5) is 10.1 Å². The SMILES string of the molecule is NCCOc1ccc(NC(=O)CCCOc2ccc(F)cc2)cc1. The number of anilines is 1. The molecule has 0 heterocycles. The van der Waals surface area contributed by atoms with Crippen molar-refractivity contribution in [3.63, 3.8) is 0 Å². The molecule has 24 heavy (non-hydrogen) atoms. The van der Waals surface area contributed by atoms with Crippen molar-refractivity contribution in [3.8, 4) is 11.5 Å². The molecule has 2 aromatic rings. The predicted octanol–water partition coefficient (Wildman–Crippen LogP) is 2.96. The summed E-state index contributed by atoms with van der Waals surface area (Å²) in [4.78, 5) is 11.9. The smallest absolute Gasteiger partial charge is 0.224 e. The Hall–Kier alpha value is -2.60. The van der Waals surface area contributed by atoms with E-state index in [0.717, 1.165) is 0 Å². The van der Waals surface area contributed by atoms with Crippen LogP contribution in [0, 0.1) is 5.82 Å². The highest BCUT2D eigenvalue weighted by Crippen LogP contribution is 2.16. The average molecular weight is 332 g/mol. The fourth-order valence-corrected chi connectivity index (χ4v) is 1.99. The van der Waals surface area contributed by atoms with Gasteiger partial charge < -0.3 is 20.5 Å². The van der Waals surface area contributed by atoms with E-state index < -0.39 is 0 Å². The third kappa shape index (κ3) is 6.26. The lowest BCUT2D eigenvalue weighted by atomic mass is 10.2. The molecule has 2 rings (SSSR count). The van der Waals surface area contributed by atoms with Crippen LogP contribution in [0.15, 0.2) is 48.5 Å². The van der Waals surface area contributed by atoms with Crippen LogP contribution in [0.2, 0.25) is 0 Å². The molecule has 0 spiro atoms. The molecule has 0 aliphatic carbocycles. The topological polar surface area (TPSA) is 73.6 Å². The highest BCUT2D eigenvalue weighted by molar-refractivity contribution is 5.90. The fraction of sp³-hybridized carbons (Fsp3) is 0.278. The maximum Gasteiger partial charge on any atom is 0.224 e. The number of hydrogen-bond donors (Lipinski definition) is 2. The van der Waals surface area contributed by atoms with E-state index in [1.54, 1.807) is 36.4 Å². The lowest BCUT2D eigenvalue weighted by Gasteiger charge is -2.08. The van der Waals surface area contributed by atoms with Crippen molar-refractivity contribution in [1.82, 2.24) is 0 Å². The van der Waals surface area contributed by atoms with Crippen molar-refractivity contribution in [3.05, 3.63) is 54.3 Å². The van der Waals surface area contributed by atoms with Gasteiger partial charge in [-0.05, 0) is 55.0 Å². The number of carbonyl (C=O) groups is 1. The third-order valence-electron chi connectivity index (χ3n) is 3.16. The molecule has 0 radical (unpaired) electrons. The van der Waals surface area contributed by atoms with Gasteiger partial charge >= 0.3 is 0 Å². The van der Waals surface area contributed by atoms with E-state index in [1.165, 1.54) is 12.1 Å². The van der Waals surface area contributed by atoms with Crippen LogP contribution in [0.3, 0.4) is 0 Å². The van der Waals surface area contributed by atoms with Gasteiger partial charge in [-0.15, -0.1) is 0 Å². The molecule has 0 aliphatic heterocycles. The number of amides is 1. The van der Waals surface area contributed by atoms with Crippen LogP contribution in [0.25, 0.3) is 0 Å². The van der Waals surface area contributed by atoms with Crippen molar-refractivity contribution < 1.29 is 18.7 Å². The van der Waals surface area contributed by atoms with Crippen LogP contribution in [0.1, 0.15) is 12.8 Å². The average Bonchev–Trinajstić information content (AvgIpc) is 2.60. The first-order valence-electron chi connectivity index (χ1n) is 7.78. The van der Waals surface area contributed by atoms with Gasteiger partial charge in [0, 0.05) is 18.7 Å². The van der Waals surface area contributed by atoms with Crippen molar-refractivity contribution >= 4 is 11.6 Å². The molecule has 6 heteroatoms. The summed E-state index contributed by atoms with van der Waals surface area (Å²) >= 11 is 0. The molecule has 3 N–H and O–H groups in total. The van der Waals surface area contributed by atoms with E-state index in [9.17, 15) is 9.18 Å². The van der Waals surface area contributed by atoms with Crippen molar-refractivity contribution in [1.29, 1.82) is 0 Å². The maximum atomic E-state index is 12.8. The molecular formula is C18H21FN2O3. The number of hydrogen-bond acceptors (Lipinski definition) is 4. The lowest BCUT2D eigenvalue weighted by molar-refractivity contribution is -0.116. The molecule has 0 saturated heterocycles. The zero-order chi connectivity index (χ0) is 17.2. The zero-order valence-corrected chi connectivity index (χ0v) is 13.3. The number of nitrogens with two attached hydrogens (primary N) is 1. The van der Waals surface area contributed by atoms with E-state index >= 15 is 0 Å². The predicted molar refractivity (Wildman–Crippen MR) is 90.8 cm³/mol. The summed E-state index contributed by atoms with van der Waals surface area (Å²) < 4.78 is 23.6. The highest BCUT2D eigenvalue weighted by atomic mass is 19.1. The van der Waals surface area contributed by atoms with Crippen LogP contribution in [-0.2, 0) is 4.79 Å². The van der Waals surface area contributed by atoms with E-state index in [-0.39, 0.29) is 11.7 Å². The van der Waals surface area contributed by atoms with E-state index in [4.69, 9.17) is 15.2 Å². The Morgan fingerprint density at radius 2 is 1.54 bits per heavy atom. The molecule has 2 aromatic carbocycles. The summed E-state index contributed by atoms with van der Waals surface area (Å²) in [6.45, 7) is 1.31. The van der Waals surface area contributed by atoms with E-state index in [1.807, 2.05) is 0 Å². The van der Waals surface area contributed by atoms with Crippen molar-refractivity contribution in [2.24, 2.45) is 5.73 Å². The molecule has 128 valence electrons. The number of benzene rings is 2. The first-order valence-corrected chi connectivity index (χ1v) is 7.78. The Labute approximate surface area is 140 Å². The largest absolute Gasteiger partial charge is 0.494 e. The first-order chi connectivity index (χ1) is 11.7. The minimum Gasteiger partial charge on any atom is -0.494 e.